The molecule has 5 heteroatoms. The lowest BCUT2D eigenvalue weighted by molar-refractivity contribution is -0.137. The highest BCUT2D eigenvalue weighted by Crippen LogP contribution is 2.21. The number of aryl methyl sites for hydroxylation is 1. The maximum atomic E-state index is 10.4. The number of carboxylic acids is 1. The van der Waals surface area contributed by atoms with E-state index < -0.39 is 5.97 Å². The van der Waals surface area contributed by atoms with E-state index in [-0.39, 0.29) is 12.0 Å². The summed E-state index contributed by atoms with van der Waals surface area (Å²) in [5.41, 5.74) is 3.41. The fourth-order valence-corrected chi connectivity index (χ4v) is 2.16. The van der Waals surface area contributed by atoms with Gasteiger partial charge >= 0.3 is 5.97 Å². The third-order valence-corrected chi connectivity index (χ3v) is 3.12. The Morgan fingerprint density at radius 1 is 1.37 bits per heavy atom. The van der Waals surface area contributed by atoms with E-state index in [1.54, 1.807) is 0 Å². The van der Waals surface area contributed by atoms with Crippen LogP contribution in [0.4, 0.5) is 0 Å². The molecule has 0 bridgehead atoms. The molecule has 1 aromatic heterocycles. The first kappa shape index (κ1) is 15.7. The highest BCUT2D eigenvalue weighted by molar-refractivity contribution is 5.66. The number of carbonyl (C=O) groups is 1. The number of hydrogen-bond acceptors (Lipinski definition) is 3. The molecule has 0 fully saturated rings. The SMILES string of the molecule is Cc1nn(C(C)(C)C)c(C)c1CNCCCC(=O)O. The Kier molecular flexibility index (Phi) is 5.11. The van der Waals surface area contributed by atoms with Crippen LogP contribution in [0.5, 0.6) is 0 Å². The fraction of sp³-hybridized carbons (Fsp3) is 0.714. The molecule has 0 unspecified atom stereocenters. The first-order valence-electron chi connectivity index (χ1n) is 6.71. The van der Waals surface area contributed by atoms with E-state index in [2.05, 4.69) is 42.8 Å². The molecule has 0 aliphatic rings. The second-order valence-electron chi connectivity index (χ2n) is 5.91. The van der Waals surface area contributed by atoms with Gasteiger partial charge in [0.15, 0.2) is 0 Å². The Labute approximate surface area is 115 Å². The molecule has 1 heterocycles. The Bertz CT molecular complexity index is 444. The van der Waals surface area contributed by atoms with E-state index in [0.29, 0.717) is 13.0 Å². The van der Waals surface area contributed by atoms with E-state index in [4.69, 9.17) is 5.11 Å². The number of aliphatic carboxylic acids is 1. The van der Waals surface area contributed by atoms with Gasteiger partial charge in [0.1, 0.15) is 0 Å². The zero-order valence-corrected chi connectivity index (χ0v) is 12.6. The lowest BCUT2D eigenvalue weighted by Crippen LogP contribution is -2.24. The van der Waals surface area contributed by atoms with Crippen molar-refractivity contribution in [3.05, 3.63) is 17.0 Å². The molecule has 0 radical (unpaired) electrons. The Morgan fingerprint density at radius 3 is 2.47 bits per heavy atom. The van der Waals surface area contributed by atoms with Gasteiger partial charge in [0.2, 0.25) is 0 Å². The van der Waals surface area contributed by atoms with Gasteiger partial charge in [-0.15, -0.1) is 0 Å². The molecule has 2 N–H and O–H groups in total. The predicted molar refractivity (Wildman–Crippen MR) is 75.3 cm³/mol. The molecule has 19 heavy (non-hydrogen) atoms. The Morgan fingerprint density at radius 2 is 2.00 bits per heavy atom. The summed E-state index contributed by atoms with van der Waals surface area (Å²) in [6.07, 6.45) is 0.868. The van der Waals surface area contributed by atoms with Crippen LogP contribution in [0.2, 0.25) is 0 Å². The summed E-state index contributed by atoms with van der Waals surface area (Å²) >= 11 is 0. The minimum absolute atomic E-state index is 0.0175. The molecule has 0 aromatic carbocycles. The minimum atomic E-state index is -0.741. The van der Waals surface area contributed by atoms with Crippen LogP contribution < -0.4 is 5.32 Å². The van der Waals surface area contributed by atoms with Gasteiger partial charge in [-0.05, 0) is 47.6 Å². The average molecular weight is 267 g/mol. The summed E-state index contributed by atoms with van der Waals surface area (Å²) in [4.78, 5) is 10.4. The van der Waals surface area contributed by atoms with Crippen LogP contribution in [0, 0.1) is 13.8 Å². The largest absolute Gasteiger partial charge is 0.481 e. The van der Waals surface area contributed by atoms with Crippen LogP contribution in [0.1, 0.15) is 50.6 Å². The monoisotopic (exact) mass is 267 g/mol. The van der Waals surface area contributed by atoms with E-state index in [0.717, 1.165) is 12.2 Å². The molecule has 0 aliphatic carbocycles. The van der Waals surface area contributed by atoms with Gasteiger partial charge in [-0.25, -0.2) is 0 Å². The second-order valence-corrected chi connectivity index (χ2v) is 5.91. The number of nitrogens with one attached hydrogen (secondary N) is 1. The lowest BCUT2D eigenvalue weighted by Gasteiger charge is -2.21. The van der Waals surface area contributed by atoms with Crippen molar-refractivity contribution in [1.82, 2.24) is 15.1 Å². The highest BCUT2D eigenvalue weighted by Gasteiger charge is 2.20. The maximum Gasteiger partial charge on any atom is 0.303 e. The molecule has 108 valence electrons. The highest BCUT2D eigenvalue weighted by atomic mass is 16.4. The van der Waals surface area contributed by atoms with Crippen molar-refractivity contribution in [2.75, 3.05) is 6.54 Å². The molecular weight excluding hydrogens is 242 g/mol. The Balaban J connectivity index is 2.60. The molecule has 1 aromatic rings. The first-order valence-corrected chi connectivity index (χ1v) is 6.71. The molecule has 1 rings (SSSR count). The molecule has 0 amide bonds. The molecular formula is C14H25N3O2. The number of carboxylic acid groups (broad SMARTS) is 1. The van der Waals surface area contributed by atoms with Crippen LogP contribution >= 0.6 is 0 Å². The van der Waals surface area contributed by atoms with Crippen LogP contribution in [0.15, 0.2) is 0 Å². The molecule has 0 aliphatic heterocycles. The van der Waals surface area contributed by atoms with Crippen molar-refractivity contribution in [3.63, 3.8) is 0 Å². The molecule has 5 nitrogen and oxygen atoms in total. The second kappa shape index (κ2) is 6.19. The van der Waals surface area contributed by atoms with Gasteiger partial charge in [0.05, 0.1) is 11.2 Å². The summed E-state index contributed by atoms with van der Waals surface area (Å²) in [7, 11) is 0. The van der Waals surface area contributed by atoms with Crippen molar-refractivity contribution in [3.8, 4) is 0 Å². The van der Waals surface area contributed by atoms with Crippen molar-refractivity contribution >= 4 is 5.97 Å². The van der Waals surface area contributed by atoms with Crippen LogP contribution in [0.3, 0.4) is 0 Å². The molecule has 0 spiro atoms. The van der Waals surface area contributed by atoms with E-state index in [1.807, 2.05) is 6.92 Å². The standard InChI is InChI=1S/C14H25N3O2/c1-10-12(9-15-8-6-7-13(18)19)11(2)17(16-10)14(3,4)5/h15H,6-9H2,1-5H3,(H,18,19). The number of nitrogens with zero attached hydrogens (tertiary/aromatic N) is 2. The van der Waals surface area contributed by atoms with Crippen molar-refractivity contribution in [2.24, 2.45) is 0 Å². The predicted octanol–water partition coefficient (Wildman–Crippen LogP) is 2.21. The minimum Gasteiger partial charge on any atom is -0.481 e. The third-order valence-electron chi connectivity index (χ3n) is 3.12. The van der Waals surface area contributed by atoms with Crippen LogP contribution in [-0.2, 0) is 16.9 Å². The lowest BCUT2D eigenvalue weighted by atomic mass is 10.1. The van der Waals surface area contributed by atoms with Gasteiger partial charge in [0.25, 0.3) is 0 Å². The zero-order chi connectivity index (χ0) is 14.6. The quantitative estimate of drug-likeness (QED) is 0.775. The normalized spacial score (nSPS) is 11.8. The van der Waals surface area contributed by atoms with Gasteiger partial charge in [-0.3, -0.25) is 9.48 Å². The van der Waals surface area contributed by atoms with Crippen LogP contribution in [0.25, 0.3) is 0 Å². The van der Waals surface area contributed by atoms with Gasteiger partial charge in [-0.1, -0.05) is 0 Å². The Hall–Kier alpha value is -1.36. The van der Waals surface area contributed by atoms with Crippen molar-refractivity contribution in [1.29, 1.82) is 0 Å². The van der Waals surface area contributed by atoms with Gasteiger partial charge in [-0.2, -0.15) is 5.10 Å². The zero-order valence-electron chi connectivity index (χ0n) is 12.6. The molecule has 0 saturated carbocycles. The maximum absolute atomic E-state index is 10.4. The average Bonchev–Trinajstić information content (AvgIpc) is 2.55. The van der Waals surface area contributed by atoms with Crippen molar-refractivity contribution in [2.45, 2.75) is 59.5 Å². The third kappa shape index (κ3) is 4.35. The van der Waals surface area contributed by atoms with E-state index >= 15 is 0 Å². The van der Waals surface area contributed by atoms with Crippen molar-refractivity contribution < 1.29 is 9.90 Å². The van der Waals surface area contributed by atoms with Gasteiger partial charge < -0.3 is 10.4 Å². The number of rotatable bonds is 6. The summed E-state index contributed by atoms with van der Waals surface area (Å²) in [5.74, 6) is -0.741. The fourth-order valence-electron chi connectivity index (χ4n) is 2.16. The number of hydrogen-bond donors (Lipinski definition) is 2. The number of aromatic nitrogens is 2. The van der Waals surface area contributed by atoms with E-state index in [9.17, 15) is 4.79 Å². The summed E-state index contributed by atoms with van der Waals surface area (Å²) in [6.45, 7) is 12.0. The summed E-state index contributed by atoms with van der Waals surface area (Å²) < 4.78 is 2.05. The summed E-state index contributed by atoms with van der Waals surface area (Å²) in [6, 6.07) is 0. The summed E-state index contributed by atoms with van der Waals surface area (Å²) in [5, 5.41) is 16.4. The topological polar surface area (TPSA) is 67.2 Å². The molecule has 0 atom stereocenters. The smallest absolute Gasteiger partial charge is 0.303 e. The van der Waals surface area contributed by atoms with Gasteiger partial charge in [0, 0.05) is 24.2 Å². The van der Waals surface area contributed by atoms with E-state index in [1.165, 1.54) is 11.3 Å². The van der Waals surface area contributed by atoms with Crippen LogP contribution in [-0.4, -0.2) is 27.4 Å². The first-order chi connectivity index (χ1) is 8.73. The molecule has 0 saturated heterocycles.